The van der Waals surface area contributed by atoms with Crippen molar-refractivity contribution in [1.82, 2.24) is 0 Å². The molecule has 0 aliphatic rings. The van der Waals surface area contributed by atoms with Gasteiger partial charge in [0.2, 0.25) is 0 Å². The second kappa shape index (κ2) is 9.94. The maximum atomic E-state index is 13.4. The lowest BCUT2D eigenvalue weighted by atomic mass is 10.1. The first-order valence-electron chi connectivity index (χ1n) is 9.57. The molecule has 0 heterocycles. The van der Waals surface area contributed by atoms with Crippen LogP contribution in [-0.2, 0) is 32.5 Å². The van der Waals surface area contributed by atoms with Crippen molar-refractivity contribution in [3.05, 3.63) is 94.8 Å². The van der Waals surface area contributed by atoms with Crippen molar-refractivity contribution >= 4 is 33.3 Å². The molecule has 8 heteroatoms. The maximum absolute atomic E-state index is 13.4. The van der Waals surface area contributed by atoms with Crippen LogP contribution in [0.25, 0.3) is 0 Å². The number of anilines is 1. The van der Waals surface area contributed by atoms with Crippen molar-refractivity contribution < 1.29 is 22.3 Å². The lowest BCUT2D eigenvalue weighted by Gasteiger charge is -2.25. The molecule has 0 amide bonds. The number of hydrogen-bond acceptors (Lipinski definition) is 4. The summed E-state index contributed by atoms with van der Waals surface area (Å²) in [4.78, 5) is 11.7. The van der Waals surface area contributed by atoms with Gasteiger partial charge in [-0.1, -0.05) is 35.9 Å². The van der Waals surface area contributed by atoms with E-state index in [1.165, 1.54) is 16.4 Å². The molecule has 0 fully saturated rings. The van der Waals surface area contributed by atoms with E-state index >= 15 is 0 Å². The summed E-state index contributed by atoms with van der Waals surface area (Å²) in [5, 5.41) is 0.542. The first-order valence-corrected chi connectivity index (χ1v) is 11.4. The number of nitrogens with zero attached hydrogens (tertiary/aromatic N) is 1. The Labute approximate surface area is 186 Å². The van der Waals surface area contributed by atoms with Crippen LogP contribution in [-0.4, -0.2) is 21.0 Å². The van der Waals surface area contributed by atoms with Crippen LogP contribution in [0.1, 0.15) is 18.1 Å². The van der Waals surface area contributed by atoms with Crippen molar-refractivity contribution in [2.24, 2.45) is 0 Å². The van der Waals surface area contributed by atoms with Gasteiger partial charge in [0.25, 0.3) is 10.0 Å². The number of halogens is 2. The second-order valence-electron chi connectivity index (χ2n) is 6.74. The van der Waals surface area contributed by atoms with Gasteiger partial charge in [-0.2, -0.15) is 0 Å². The monoisotopic (exact) mass is 461 g/mol. The van der Waals surface area contributed by atoms with Crippen molar-refractivity contribution in [3.8, 4) is 0 Å². The highest BCUT2D eigenvalue weighted by Gasteiger charge is 2.25. The van der Waals surface area contributed by atoms with Crippen LogP contribution < -0.4 is 4.31 Å². The molecule has 3 aromatic carbocycles. The predicted molar refractivity (Wildman–Crippen MR) is 118 cm³/mol. The first-order chi connectivity index (χ1) is 14.8. The average Bonchev–Trinajstić information content (AvgIpc) is 2.74. The molecule has 0 N–H and O–H groups in total. The Bertz CT molecular complexity index is 1130. The summed E-state index contributed by atoms with van der Waals surface area (Å²) < 4.78 is 46.2. The Morgan fingerprint density at radius 1 is 0.935 bits per heavy atom. The van der Waals surface area contributed by atoms with E-state index in [0.717, 1.165) is 17.7 Å². The number of ether oxygens (including phenoxy) is 1. The van der Waals surface area contributed by atoms with Crippen molar-refractivity contribution in [2.45, 2.75) is 24.8 Å². The minimum Gasteiger partial charge on any atom is -0.466 e. The highest BCUT2D eigenvalue weighted by Crippen LogP contribution is 2.27. The summed E-state index contributed by atoms with van der Waals surface area (Å²) in [5.74, 6) is -0.876. The van der Waals surface area contributed by atoms with Gasteiger partial charge >= 0.3 is 5.97 Å². The lowest BCUT2D eigenvalue weighted by molar-refractivity contribution is -0.142. The summed E-state index contributed by atoms with van der Waals surface area (Å²) in [6.07, 6.45) is 0.0933. The summed E-state index contributed by atoms with van der Waals surface area (Å²) in [5.41, 5.74) is 1.84. The number of hydrogen-bond donors (Lipinski definition) is 0. The molecule has 0 aromatic heterocycles. The zero-order valence-corrected chi connectivity index (χ0v) is 18.4. The Hall–Kier alpha value is -2.90. The lowest BCUT2D eigenvalue weighted by Crippen LogP contribution is -2.30. The fraction of sp³-hybridized carbons (Fsp3) is 0.174. The summed E-state index contributed by atoms with van der Waals surface area (Å²) >= 11 is 5.94. The van der Waals surface area contributed by atoms with E-state index in [1.807, 2.05) is 0 Å². The quantitative estimate of drug-likeness (QED) is 0.444. The van der Waals surface area contributed by atoms with Crippen LogP contribution in [0.4, 0.5) is 10.1 Å². The van der Waals surface area contributed by atoms with E-state index < -0.39 is 15.8 Å². The zero-order valence-electron chi connectivity index (χ0n) is 16.8. The molecule has 0 spiro atoms. The molecular formula is C23H21ClFNO4S. The molecule has 0 unspecified atom stereocenters. The van der Waals surface area contributed by atoms with Crippen LogP contribution in [0.5, 0.6) is 0 Å². The molecule has 0 aliphatic carbocycles. The van der Waals surface area contributed by atoms with E-state index in [0.29, 0.717) is 22.9 Å². The molecule has 5 nitrogen and oxygen atoms in total. The molecule has 0 bridgehead atoms. The molecule has 0 atom stereocenters. The molecule has 3 aromatic rings. The average molecular weight is 462 g/mol. The Kier molecular flexibility index (Phi) is 7.30. The van der Waals surface area contributed by atoms with Crippen LogP contribution in [0.3, 0.4) is 0 Å². The third-order valence-electron chi connectivity index (χ3n) is 4.52. The molecule has 0 radical (unpaired) electrons. The van der Waals surface area contributed by atoms with Gasteiger partial charge in [0.1, 0.15) is 5.82 Å². The normalized spacial score (nSPS) is 11.2. The summed E-state index contributed by atoms with van der Waals surface area (Å²) in [6.45, 7) is 2.08. The molecule has 3 rings (SSSR count). The highest BCUT2D eigenvalue weighted by atomic mass is 35.5. The summed E-state index contributed by atoms with van der Waals surface area (Å²) in [6, 6.07) is 18.1. The van der Waals surface area contributed by atoms with Gasteiger partial charge in [-0.25, -0.2) is 12.8 Å². The Balaban J connectivity index is 1.96. The maximum Gasteiger partial charge on any atom is 0.310 e. The molecule has 0 aliphatic heterocycles. The van der Waals surface area contributed by atoms with E-state index in [-0.39, 0.29) is 23.8 Å². The molecule has 162 valence electrons. The van der Waals surface area contributed by atoms with E-state index in [2.05, 4.69) is 0 Å². The van der Waals surface area contributed by atoms with Gasteiger partial charge in [-0.15, -0.1) is 0 Å². The standard InChI is InChI=1S/C23H21ClFNO4S/c1-2-30-23(27)15-17-5-11-21(12-6-17)26(16-18-3-7-19(24)8-4-18)31(28,29)22-13-9-20(25)10-14-22/h3-14H,2,15-16H2,1H3. The minimum atomic E-state index is -3.98. The third kappa shape index (κ3) is 5.83. The van der Waals surface area contributed by atoms with Gasteiger partial charge in [0.05, 0.1) is 30.2 Å². The molecule has 31 heavy (non-hydrogen) atoms. The van der Waals surface area contributed by atoms with Gasteiger partial charge in [-0.05, 0) is 66.6 Å². The van der Waals surface area contributed by atoms with E-state index in [9.17, 15) is 17.6 Å². The van der Waals surface area contributed by atoms with Crippen LogP contribution in [0.15, 0.2) is 77.7 Å². The molecule has 0 saturated heterocycles. The van der Waals surface area contributed by atoms with Crippen LogP contribution >= 0.6 is 11.6 Å². The van der Waals surface area contributed by atoms with E-state index in [4.69, 9.17) is 16.3 Å². The number of rotatable bonds is 8. The van der Waals surface area contributed by atoms with Crippen LogP contribution in [0, 0.1) is 5.82 Å². The largest absolute Gasteiger partial charge is 0.466 e. The zero-order chi connectivity index (χ0) is 22.4. The molecular weight excluding hydrogens is 441 g/mol. The Morgan fingerprint density at radius 2 is 1.52 bits per heavy atom. The van der Waals surface area contributed by atoms with Gasteiger partial charge in [0, 0.05) is 5.02 Å². The number of carbonyl (C=O) groups excluding carboxylic acids is 1. The van der Waals surface area contributed by atoms with Crippen molar-refractivity contribution in [1.29, 1.82) is 0 Å². The number of esters is 1. The van der Waals surface area contributed by atoms with Gasteiger partial charge < -0.3 is 4.74 Å². The van der Waals surface area contributed by atoms with Gasteiger partial charge in [0.15, 0.2) is 0 Å². The van der Waals surface area contributed by atoms with Crippen LogP contribution in [0.2, 0.25) is 5.02 Å². The number of sulfonamides is 1. The van der Waals surface area contributed by atoms with Crippen molar-refractivity contribution in [3.63, 3.8) is 0 Å². The first kappa shape index (κ1) is 22.8. The third-order valence-corrected chi connectivity index (χ3v) is 6.56. The number of benzene rings is 3. The van der Waals surface area contributed by atoms with Crippen molar-refractivity contribution in [2.75, 3.05) is 10.9 Å². The Morgan fingerprint density at radius 3 is 2.10 bits per heavy atom. The fourth-order valence-electron chi connectivity index (χ4n) is 2.96. The smallest absolute Gasteiger partial charge is 0.310 e. The fourth-order valence-corrected chi connectivity index (χ4v) is 4.54. The minimum absolute atomic E-state index is 0.0292. The van der Waals surface area contributed by atoms with Gasteiger partial charge in [-0.3, -0.25) is 9.10 Å². The SMILES string of the molecule is CCOC(=O)Cc1ccc(N(Cc2ccc(Cl)cc2)S(=O)(=O)c2ccc(F)cc2)cc1. The topological polar surface area (TPSA) is 63.7 Å². The summed E-state index contributed by atoms with van der Waals surface area (Å²) in [7, 11) is -3.98. The predicted octanol–water partition coefficient (Wildman–Crippen LogP) is 4.98. The number of carbonyl (C=O) groups is 1. The second-order valence-corrected chi connectivity index (χ2v) is 9.04. The molecule has 0 saturated carbocycles. The van der Waals surface area contributed by atoms with E-state index in [1.54, 1.807) is 55.5 Å². The highest BCUT2D eigenvalue weighted by molar-refractivity contribution is 7.92.